The van der Waals surface area contributed by atoms with Crippen LogP contribution in [0.1, 0.15) is 40.1 Å². The smallest absolute Gasteiger partial charge is 0.315 e. The normalized spacial score (nSPS) is 12.6. The van der Waals surface area contributed by atoms with Crippen LogP contribution in [0, 0.1) is 13.8 Å². The predicted molar refractivity (Wildman–Crippen MR) is 111 cm³/mol. The molecule has 2 N–H and O–H groups in total. The third-order valence-corrected chi connectivity index (χ3v) is 5.48. The van der Waals surface area contributed by atoms with Crippen LogP contribution in [0.3, 0.4) is 0 Å². The second-order valence-electron chi connectivity index (χ2n) is 7.39. The van der Waals surface area contributed by atoms with Crippen LogP contribution in [0.5, 0.6) is 0 Å². The molecule has 28 heavy (non-hydrogen) atoms. The molecule has 1 aromatic heterocycles. The molecule has 1 aliphatic rings. The number of rotatable bonds is 5. The number of hydrogen-bond donors (Lipinski definition) is 2. The van der Waals surface area contributed by atoms with Crippen molar-refractivity contribution in [1.29, 1.82) is 0 Å². The van der Waals surface area contributed by atoms with Gasteiger partial charge >= 0.3 is 6.03 Å². The van der Waals surface area contributed by atoms with Gasteiger partial charge in [-0.2, -0.15) is 5.10 Å². The average molecular weight is 374 g/mol. The Morgan fingerprint density at radius 2 is 1.75 bits per heavy atom. The number of urea groups is 1. The van der Waals surface area contributed by atoms with E-state index in [1.54, 1.807) is 0 Å². The fraction of sp³-hybridized carbons (Fsp3) is 0.304. The Morgan fingerprint density at radius 1 is 1.00 bits per heavy atom. The van der Waals surface area contributed by atoms with Crippen LogP contribution in [0.2, 0.25) is 0 Å². The maximum absolute atomic E-state index is 12.3. The molecule has 5 nitrogen and oxygen atoms in total. The minimum atomic E-state index is -0.160. The van der Waals surface area contributed by atoms with Gasteiger partial charge in [-0.05, 0) is 61.9 Å². The lowest BCUT2D eigenvalue weighted by Crippen LogP contribution is -2.34. The van der Waals surface area contributed by atoms with E-state index < -0.39 is 0 Å². The van der Waals surface area contributed by atoms with Crippen molar-refractivity contribution >= 4 is 6.03 Å². The molecule has 0 bridgehead atoms. The van der Waals surface area contributed by atoms with Crippen molar-refractivity contribution in [3.63, 3.8) is 0 Å². The fourth-order valence-electron chi connectivity index (χ4n) is 3.90. The Hall–Kier alpha value is -3.08. The van der Waals surface area contributed by atoms with Crippen LogP contribution < -0.4 is 10.6 Å². The maximum Gasteiger partial charge on any atom is 0.315 e. The zero-order chi connectivity index (χ0) is 19.5. The summed E-state index contributed by atoms with van der Waals surface area (Å²) in [5, 5.41) is 10.6. The van der Waals surface area contributed by atoms with E-state index in [1.807, 2.05) is 48.9 Å². The molecule has 5 heteroatoms. The zero-order valence-corrected chi connectivity index (χ0v) is 16.5. The average Bonchev–Trinajstić information content (AvgIpc) is 3.29. The summed E-state index contributed by atoms with van der Waals surface area (Å²) in [4.78, 5) is 12.3. The molecule has 0 saturated carbocycles. The number of carbonyl (C=O) groups is 1. The molecule has 4 rings (SSSR count). The Kier molecular flexibility index (Phi) is 5.15. The quantitative estimate of drug-likeness (QED) is 0.710. The van der Waals surface area contributed by atoms with Crippen molar-refractivity contribution in [3.05, 3.63) is 82.2 Å². The van der Waals surface area contributed by atoms with Gasteiger partial charge < -0.3 is 10.6 Å². The number of fused-ring (bicyclic) bond motifs is 1. The topological polar surface area (TPSA) is 59.0 Å². The van der Waals surface area contributed by atoms with Crippen LogP contribution in [0.4, 0.5) is 4.79 Å². The first-order chi connectivity index (χ1) is 13.6. The first-order valence-electron chi connectivity index (χ1n) is 9.84. The zero-order valence-electron chi connectivity index (χ0n) is 16.5. The van der Waals surface area contributed by atoms with E-state index in [9.17, 15) is 4.79 Å². The van der Waals surface area contributed by atoms with Crippen molar-refractivity contribution in [1.82, 2.24) is 20.4 Å². The van der Waals surface area contributed by atoms with E-state index in [-0.39, 0.29) is 6.03 Å². The summed E-state index contributed by atoms with van der Waals surface area (Å²) in [6, 6.07) is 16.4. The molecule has 1 heterocycles. The highest BCUT2D eigenvalue weighted by atomic mass is 16.2. The van der Waals surface area contributed by atoms with Crippen molar-refractivity contribution in [2.75, 3.05) is 0 Å². The van der Waals surface area contributed by atoms with Gasteiger partial charge in [0.1, 0.15) is 0 Å². The van der Waals surface area contributed by atoms with Gasteiger partial charge in [-0.15, -0.1) is 0 Å². The third-order valence-electron chi connectivity index (χ3n) is 5.48. The summed E-state index contributed by atoms with van der Waals surface area (Å²) >= 11 is 0. The minimum Gasteiger partial charge on any atom is -0.334 e. The van der Waals surface area contributed by atoms with Crippen molar-refractivity contribution in [2.24, 2.45) is 0 Å². The molecule has 0 spiro atoms. The Morgan fingerprint density at radius 3 is 2.57 bits per heavy atom. The highest BCUT2D eigenvalue weighted by Gasteiger charge is 2.14. The predicted octanol–water partition coefficient (Wildman–Crippen LogP) is 3.98. The van der Waals surface area contributed by atoms with E-state index in [2.05, 4.69) is 33.9 Å². The molecule has 2 aromatic carbocycles. The second-order valence-corrected chi connectivity index (χ2v) is 7.39. The lowest BCUT2D eigenvalue weighted by atomic mass is 10.1. The Balaban J connectivity index is 1.35. The van der Waals surface area contributed by atoms with E-state index in [4.69, 9.17) is 0 Å². The van der Waals surface area contributed by atoms with Gasteiger partial charge in [-0.3, -0.25) is 0 Å². The number of nitrogens with zero attached hydrogens (tertiary/aromatic N) is 2. The van der Waals surface area contributed by atoms with Crippen molar-refractivity contribution < 1.29 is 4.79 Å². The van der Waals surface area contributed by atoms with Crippen LogP contribution in [-0.2, 0) is 25.9 Å². The van der Waals surface area contributed by atoms with Crippen LogP contribution in [0.15, 0.2) is 48.5 Å². The fourth-order valence-corrected chi connectivity index (χ4v) is 3.90. The van der Waals surface area contributed by atoms with Crippen LogP contribution in [0.25, 0.3) is 5.69 Å². The van der Waals surface area contributed by atoms with Gasteiger partial charge in [0.05, 0.1) is 11.4 Å². The Labute approximate surface area is 165 Å². The number of aryl methyl sites for hydroxylation is 3. The monoisotopic (exact) mass is 374 g/mol. The standard InChI is InChI=1S/C23H26N4O/c1-16-22(17(2)27(26-16)21-9-4-3-5-10-21)15-25-23(28)24-14-18-11-12-19-7-6-8-20(19)13-18/h3-5,9-13H,6-8,14-15H2,1-2H3,(H2,24,25,28). The highest BCUT2D eigenvalue weighted by Crippen LogP contribution is 2.22. The molecule has 144 valence electrons. The first-order valence-corrected chi connectivity index (χ1v) is 9.84. The van der Waals surface area contributed by atoms with Gasteiger partial charge in [-0.25, -0.2) is 9.48 Å². The molecule has 3 aromatic rings. The lowest BCUT2D eigenvalue weighted by Gasteiger charge is -2.10. The van der Waals surface area contributed by atoms with Gasteiger partial charge in [-0.1, -0.05) is 36.4 Å². The van der Waals surface area contributed by atoms with Gasteiger partial charge in [0.15, 0.2) is 0 Å². The summed E-state index contributed by atoms with van der Waals surface area (Å²) in [5.41, 5.74) is 8.09. The maximum atomic E-state index is 12.3. The number of amides is 2. The van der Waals surface area contributed by atoms with E-state index in [0.29, 0.717) is 13.1 Å². The molecule has 0 atom stereocenters. The summed E-state index contributed by atoms with van der Waals surface area (Å²) in [5.74, 6) is 0. The molecule has 0 fully saturated rings. The van der Waals surface area contributed by atoms with Gasteiger partial charge in [0.25, 0.3) is 0 Å². The molecular formula is C23H26N4O. The lowest BCUT2D eigenvalue weighted by molar-refractivity contribution is 0.240. The van der Waals surface area contributed by atoms with Crippen molar-refractivity contribution in [3.8, 4) is 5.69 Å². The molecule has 0 saturated heterocycles. The SMILES string of the molecule is Cc1nn(-c2ccccc2)c(C)c1CNC(=O)NCc1ccc2c(c1)CCC2. The highest BCUT2D eigenvalue weighted by molar-refractivity contribution is 5.73. The molecule has 1 aliphatic carbocycles. The van der Waals surface area contributed by atoms with E-state index in [0.717, 1.165) is 34.6 Å². The third kappa shape index (κ3) is 3.79. The summed E-state index contributed by atoms with van der Waals surface area (Å²) in [7, 11) is 0. The minimum absolute atomic E-state index is 0.160. The summed E-state index contributed by atoms with van der Waals surface area (Å²) in [6.45, 7) is 5.01. The summed E-state index contributed by atoms with van der Waals surface area (Å²) < 4.78 is 1.93. The largest absolute Gasteiger partial charge is 0.334 e. The molecule has 2 amide bonds. The number of para-hydroxylation sites is 1. The molecular weight excluding hydrogens is 348 g/mol. The van der Waals surface area contributed by atoms with Gasteiger partial charge in [0.2, 0.25) is 0 Å². The van der Waals surface area contributed by atoms with E-state index in [1.165, 1.54) is 24.0 Å². The molecule has 0 aliphatic heterocycles. The second kappa shape index (κ2) is 7.89. The number of hydrogen-bond acceptors (Lipinski definition) is 2. The molecule has 0 radical (unpaired) electrons. The van der Waals surface area contributed by atoms with Gasteiger partial charge in [0, 0.05) is 24.3 Å². The summed E-state index contributed by atoms with van der Waals surface area (Å²) in [6.07, 6.45) is 3.57. The van der Waals surface area contributed by atoms with Crippen LogP contribution >= 0.6 is 0 Å². The Bertz CT molecular complexity index is 991. The number of benzene rings is 2. The number of nitrogens with one attached hydrogen (secondary N) is 2. The van der Waals surface area contributed by atoms with Crippen LogP contribution in [-0.4, -0.2) is 15.8 Å². The number of carbonyl (C=O) groups excluding carboxylic acids is 1. The number of aromatic nitrogens is 2. The van der Waals surface area contributed by atoms with Crippen molar-refractivity contribution in [2.45, 2.75) is 46.2 Å². The van der Waals surface area contributed by atoms with E-state index >= 15 is 0 Å². The molecule has 0 unspecified atom stereocenters. The first kappa shape index (κ1) is 18.3.